The number of rotatable bonds is 3. The first-order valence-corrected chi connectivity index (χ1v) is 5.46. The summed E-state index contributed by atoms with van der Waals surface area (Å²) in [7, 11) is 1.83. The van der Waals surface area contributed by atoms with Crippen molar-refractivity contribution < 1.29 is 0 Å². The summed E-state index contributed by atoms with van der Waals surface area (Å²) in [6.07, 6.45) is 4.63. The Balaban J connectivity index is 2.58. The second kappa shape index (κ2) is 4.16. The van der Waals surface area contributed by atoms with E-state index in [4.69, 9.17) is 5.73 Å². The summed E-state index contributed by atoms with van der Waals surface area (Å²) < 4.78 is 2.71. The van der Waals surface area contributed by atoms with Crippen LogP contribution < -0.4 is 11.1 Å². The number of imidazole rings is 1. The number of nitrogens with one attached hydrogen (secondary N) is 1. The molecule has 3 N–H and O–H groups in total. The number of aromatic nitrogens is 3. The monoisotopic (exact) mass is 269 g/mol. The molecule has 80 valence electrons. The zero-order valence-electron chi connectivity index (χ0n) is 8.37. The topological polar surface area (TPSA) is 68.2 Å². The molecule has 0 spiro atoms. The summed E-state index contributed by atoms with van der Waals surface area (Å²) in [6.45, 7) is 0.605. The molecule has 0 aromatic carbocycles. The van der Waals surface area contributed by atoms with Gasteiger partial charge in [0.15, 0.2) is 11.5 Å². The van der Waals surface area contributed by atoms with Gasteiger partial charge in [-0.05, 0) is 22.5 Å². The minimum atomic E-state index is 0.605. The summed E-state index contributed by atoms with van der Waals surface area (Å²) in [6, 6.07) is 0. The van der Waals surface area contributed by atoms with Crippen LogP contribution in [0.5, 0.6) is 0 Å². The van der Waals surface area contributed by atoms with Gasteiger partial charge in [-0.1, -0.05) is 0 Å². The van der Waals surface area contributed by atoms with E-state index < -0.39 is 0 Å². The normalized spacial score (nSPS) is 10.9. The van der Waals surface area contributed by atoms with Gasteiger partial charge in [-0.15, -0.1) is 0 Å². The Hall–Kier alpha value is -1.14. The van der Waals surface area contributed by atoms with Crippen LogP contribution in [-0.4, -0.2) is 28.0 Å². The maximum atomic E-state index is 5.49. The Bertz CT molecular complexity index is 479. The van der Waals surface area contributed by atoms with E-state index in [1.165, 1.54) is 0 Å². The fourth-order valence-electron chi connectivity index (χ4n) is 1.45. The molecule has 0 atom stereocenters. The van der Waals surface area contributed by atoms with Crippen molar-refractivity contribution in [2.24, 2.45) is 5.73 Å². The molecule has 0 saturated carbocycles. The first-order chi connectivity index (χ1) is 7.24. The largest absolute Gasteiger partial charge is 0.370 e. The van der Waals surface area contributed by atoms with Crippen molar-refractivity contribution in [1.82, 2.24) is 14.4 Å². The molecule has 2 aromatic rings. The molecule has 0 bridgehead atoms. The Kier molecular flexibility index (Phi) is 2.88. The third-order valence-electron chi connectivity index (χ3n) is 2.10. The van der Waals surface area contributed by atoms with Gasteiger partial charge < -0.3 is 15.5 Å². The minimum absolute atomic E-state index is 0.605. The highest BCUT2D eigenvalue weighted by molar-refractivity contribution is 9.10. The van der Waals surface area contributed by atoms with Crippen LogP contribution in [0.15, 0.2) is 17.0 Å². The van der Waals surface area contributed by atoms with Crippen molar-refractivity contribution in [3.63, 3.8) is 0 Å². The average Bonchev–Trinajstić information content (AvgIpc) is 2.59. The average molecular weight is 270 g/mol. The summed E-state index contributed by atoms with van der Waals surface area (Å²) in [5, 5.41) is 3.01. The van der Waals surface area contributed by atoms with E-state index in [2.05, 4.69) is 31.2 Å². The van der Waals surface area contributed by atoms with Crippen LogP contribution >= 0.6 is 15.9 Å². The molecule has 0 unspecified atom stereocenters. The molecule has 2 rings (SSSR count). The Labute approximate surface area is 95.8 Å². The van der Waals surface area contributed by atoms with E-state index in [1.54, 1.807) is 0 Å². The molecule has 0 radical (unpaired) electrons. The number of hydrogen-bond acceptors (Lipinski definition) is 4. The van der Waals surface area contributed by atoms with Crippen LogP contribution in [0.1, 0.15) is 5.69 Å². The molecule has 0 aliphatic rings. The predicted octanol–water partition coefficient (Wildman–Crippen LogP) is 1.03. The summed E-state index contributed by atoms with van der Waals surface area (Å²) in [4.78, 5) is 8.74. The molecule has 5 nitrogen and oxygen atoms in total. The van der Waals surface area contributed by atoms with Crippen molar-refractivity contribution >= 4 is 27.4 Å². The molecule has 6 heteroatoms. The van der Waals surface area contributed by atoms with E-state index in [-0.39, 0.29) is 0 Å². The Morgan fingerprint density at radius 3 is 2.93 bits per heavy atom. The van der Waals surface area contributed by atoms with E-state index in [9.17, 15) is 0 Å². The summed E-state index contributed by atoms with van der Waals surface area (Å²) in [5.41, 5.74) is 7.30. The van der Waals surface area contributed by atoms with Crippen LogP contribution in [0, 0.1) is 0 Å². The van der Waals surface area contributed by atoms with E-state index in [0.29, 0.717) is 6.54 Å². The lowest BCUT2D eigenvalue weighted by Crippen LogP contribution is -2.02. The first kappa shape index (κ1) is 10.4. The second-order valence-corrected chi connectivity index (χ2v) is 3.98. The first-order valence-electron chi connectivity index (χ1n) is 4.66. The lowest BCUT2D eigenvalue weighted by molar-refractivity contribution is 0.937. The quantitative estimate of drug-likeness (QED) is 0.874. The van der Waals surface area contributed by atoms with E-state index in [0.717, 1.165) is 28.2 Å². The third-order valence-corrected chi connectivity index (χ3v) is 2.48. The lowest BCUT2D eigenvalue weighted by atomic mass is 10.3. The molecular weight excluding hydrogens is 258 g/mol. The van der Waals surface area contributed by atoms with Crippen molar-refractivity contribution in [2.75, 3.05) is 18.9 Å². The Morgan fingerprint density at radius 2 is 2.27 bits per heavy atom. The fraction of sp³-hybridized carbons (Fsp3) is 0.333. The highest BCUT2D eigenvalue weighted by atomic mass is 79.9. The van der Waals surface area contributed by atoms with E-state index in [1.807, 2.05) is 23.8 Å². The lowest BCUT2D eigenvalue weighted by Gasteiger charge is -2.01. The molecular formula is C9H12BrN5. The van der Waals surface area contributed by atoms with Gasteiger partial charge >= 0.3 is 0 Å². The number of nitrogens with zero attached hydrogens (tertiary/aromatic N) is 3. The van der Waals surface area contributed by atoms with Crippen LogP contribution in [0.25, 0.3) is 5.65 Å². The SMILES string of the molecule is CNc1nc(Br)cn2cc(CCN)nc12. The number of anilines is 1. The smallest absolute Gasteiger partial charge is 0.180 e. The van der Waals surface area contributed by atoms with Gasteiger partial charge in [-0.2, -0.15) is 0 Å². The number of nitrogens with two attached hydrogens (primary N) is 1. The second-order valence-electron chi connectivity index (χ2n) is 3.16. The molecule has 0 aliphatic carbocycles. The zero-order valence-corrected chi connectivity index (χ0v) is 9.95. The minimum Gasteiger partial charge on any atom is -0.370 e. The van der Waals surface area contributed by atoms with Crippen molar-refractivity contribution in [1.29, 1.82) is 0 Å². The van der Waals surface area contributed by atoms with Crippen LogP contribution in [0.4, 0.5) is 5.82 Å². The molecule has 0 amide bonds. The highest BCUT2D eigenvalue weighted by Crippen LogP contribution is 2.17. The van der Waals surface area contributed by atoms with Gasteiger partial charge in [0.05, 0.1) is 5.69 Å². The number of fused-ring (bicyclic) bond motifs is 1. The van der Waals surface area contributed by atoms with E-state index >= 15 is 0 Å². The Morgan fingerprint density at radius 1 is 1.47 bits per heavy atom. The van der Waals surface area contributed by atoms with Crippen LogP contribution in [0.2, 0.25) is 0 Å². The van der Waals surface area contributed by atoms with Crippen LogP contribution in [-0.2, 0) is 6.42 Å². The fourth-order valence-corrected chi connectivity index (χ4v) is 1.85. The van der Waals surface area contributed by atoms with Gasteiger partial charge in [0.1, 0.15) is 4.60 Å². The zero-order chi connectivity index (χ0) is 10.8. The van der Waals surface area contributed by atoms with Crippen LogP contribution in [0.3, 0.4) is 0 Å². The summed E-state index contributed by atoms with van der Waals surface area (Å²) >= 11 is 3.35. The van der Waals surface area contributed by atoms with Gasteiger partial charge in [0.2, 0.25) is 0 Å². The third kappa shape index (κ3) is 1.95. The molecule has 2 aromatic heterocycles. The van der Waals surface area contributed by atoms with Crippen molar-refractivity contribution in [3.8, 4) is 0 Å². The van der Waals surface area contributed by atoms with Gasteiger partial charge in [-0.25, -0.2) is 9.97 Å². The standard InChI is InChI=1S/C9H12BrN5/c1-12-8-9-13-6(2-3-11)4-15(9)5-7(10)14-8/h4-5H,2-3,11H2,1H3,(H,12,14). The molecule has 0 fully saturated rings. The maximum Gasteiger partial charge on any atom is 0.180 e. The predicted molar refractivity (Wildman–Crippen MR) is 63.0 cm³/mol. The van der Waals surface area contributed by atoms with Crippen molar-refractivity contribution in [3.05, 3.63) is 22.7 Å². The molecule has 0 aliphatic heterocycles. The van der Waals surface area contributed by atoms with Crippen molar-refractivity contribution in [2.45, 2.75) is 6.42 Å². The molecule has 0 saturated heterocycles. The van der Waals surface area contributed by atoms with Gasteiger partial charge in [-0.3, -0.25) is 0 Å². The molecule has 15 heavy (non-hydrogen) atoms. The van der Waals surface area contributed by atoms with Gasteiger partial charge in [0, 0.05) is 25.9 Å². The molecule has 2 heterocycles. The summed E-state index contributed by atoms with van der Waals surface area (Å²) in [5.74, 6) is 0.757. The maximum absolute atomic E-state index is 5.49. The number of halogens is 1. The number of hydrogen-bond donors (Lipinski definition) is 2. The van der Waals surface area contributed by atoms with Gasteiger partial charge in [0.25, 0.3) is 0 Å². The highest BCUT2D eigenvalue weighted by Gasteiger charge is 2.07.